The largest absolute Gasteiger partial charge is 0.521 e. The molecule has 0 bridgehead atoms. The van der Waals surface area contributed by atoms with Gasteiger partial charge in [-0.25, -0.2) is 0 Å². The van der Waals surface area contributed by atoms with Crippen LogP contribution in [-0.4, -0.2) is 56.3 Å². The molecule has 0 aromatic rings. The van der Waals surface area contributed by atoms with Crippen LogP contribution in [0, 0.1) is 5.92 Å². The van der Waals surface area contributed by atoms with Crippen LogP contribution in [0.5, 0.6) is 0 Å². The molecule has 2 amide bonds. The number of carbonyl (C=O) groups is 3. The van der Waals surface area contributed by atoms with Gasteiger partial charge in [0.1, 0.15) is 19.3 Å². The average molecular weight is 770 g/mol. The molecule has 0 aromatic carbocycles. The summed E-state index contributed by atoms with van der Waals surface area (Å²) in [5.41, 5.74) is 0. The van der Waals surface area contributed by atoms with Crippen molar-refractivity contribution in [3.8, 4) is 0 Å². The van der Waals surface area contributed by atoms with Crippen molar-refractivity contribution in [3.05, 3.63) is 12.2 Å². The minimum absolute atomic E-state index is 0. The quantitative estimate of drug-likeness (QED) is 0.0663. The van der Waals surface area contributed by atoms with Crippen LogP contribution in [0.2, 0.25) is 0 Å². The Kier molecular flexibility index (Phi) is 19.4. The second-order valence-corrected chi connectivity index (χ2v) is 8.20. The number of carbonyl (C=O) groups excluding carboxylic acids is 4. The molecule has 11 heteroatoms. The van der Waals surface area contributed by atoms with Crippen molar-refractivity contribution in [2.45, 2.75) is 38.7 Å². The summed E-state index contributed by atoms with van der Waals surface area (Å²) in [5, 5.41) is 4.38. The Morgan fingerprint density at radius 2 is 2.04 bits per heavy atom. The summed E-state index contributed by atoms with van der Waals surface area (Å²) in [4.78, 5) is 41.5. The minimum Gasteiger partial charge on any atom is -0.521 e. The van der Waals surface area contributed by atoms with Gasteiger partial charge in [0.2, 0.25) is 6.41 Å². The topological polar surface area (TPSA) is 111 Å². The minimum atomic E-state index is -0.411. The molecule has 8 nitrogen and oxygen atoms in total. The molecular formula is C17H26FmIN2O6S-. The second kappa shape index (κ2) is 19.5. The summed E-state index contributed by atoms with van der Waals surface area (Å²) in [6.07, 6.45) is 9.92. The van der Waals surface area contributed by atoms with Crippen molar-refractivity contribution in [2.24, 2.45) is 5.92 Å². The van der Waals surface area contributed by atoms with E-state index in [0.29, 0.717) is 18.9 Å². The second-order valence-electron chi connectivity index (χ2n) is 5.70. The van der Waals surface area contributed by atoms with E-state index in [-0.39, 0.29) is 19.2 Å². The molecule has 0 radical (unpaired) electrons. The average Bonchev–Trinajstić information content (AvgIpc) is 2.65. The molecule has 2 atom stereocenters. The fraction of sp³-hybridized carbons (Fsp3) is 0.647. The van der Waals surface area contributed by atoms with Crippen molar-refractivity contribution in [3.63, 3.8) is 0 Å². The standard InChI is InChI=1S/C12H18NO3.C5H8INO3S.Fm/c1-10-4-2-3-5-11(7-6-10)16-12(15)8-13-9-14;6-11-2-1-10-5(9)3-7-4-8;/h3,5,10-11H,2,4,6-8H2,1H3,(H,13,14);4H,1-3H2,(H,7,8);/q-1;;/b5-3+;;. The van der Waals surface area contributed by atoms with Gasteiger partial charge in [0.15, 0.2) is 0 Å². The molecule has 2 N–H and O–H groups in total. The van der Waals surface area contributed by atoms with E-state index < -0.39 is 11.9 Å². The fourth-order valence-corrected chi connectivity index (χ4v) is 2.78. The van der Waals surface area contributed by atoms with Gasteiger partial charge in [0.05, 0.1) is 6.54 Å². The van der Waals surface area contributed by atoms with E-state index in [2.05, 4.69) is 44.8 Å². The van der Waals surface area contributed by atoms with Gasteiger partial charge in [-0.2, -0.15) is 6.41 Å². The zero-order valence-corrected chi connectivity index (χ0v) is 20.9. The Hall–Kier alpha value is -2.30. The molecule has 0 saturated carbocycles. The first-order valence-electron chi connectivity index (χ1n) is 8.55. The first-order valence-corrected chi connectivity index (χ1v) is 12.1. The third-order valence-corrected chi connectivity index (χ3v) is 5.10. The number of rotatable bonds is 10. The maximum atomic E-state index is 11.3. The number of ether oxygens (including phenoxy) is 2. The molecule has 1 aliphatic carbocycles. The molecule has 0 saturated heterocycles. The summed E-state index contributed by atoms with van der Waals surface area (Å²) in [6.45, 7) is 2.45. The van der Waals surface area contributed by atoms with Gasteiger partial charge in [0, 0.05) is 5.75 Å². The van der Waals surface area contributed by atoms with Crippen molar-refractivity contribution in [1.29, 1.82) is 0 Å². The van der Waals surface area contributed by atoms with E-state index in [1.807, 2.05) is 6.08 Å². The Morgan fingerprint density at radius 3 is 2.68 bits per heavy atom. The molecular weight excluding hydrogens is 744 g/mol. The molecule has 166 valence electrons. The van der Waals surface area contributed by atoms with Gasteiger partial charge in [-0.05, 0) is 58.9 Å². The van der Waals surface area contributed by atoms with Gasteiger partial charge in [-0.3, -0.25) is 14.4 Å². The normalized spacial score (nSPS) is 19.1. The maximum Gasteiger partial charge on any atom is 0.325 e. The molecule has 0 spiro atoms. The van der Waals surface area contributed by atoms with Crippen molar-refractivity contribution in [2.75, 3.05) is 25.4 Å². The van der Waals surface area contributed by atoms with Crippen LogP contribution in [-0.2, 0) is 28.7 Å². The Bertz CT molecular complexity index is 485. The van der Waals surface area contributed by atoms with Crippen LogP contribution < -0.4 is 10.6 Å². The van der Waals surface area contributed by atoms with Crippen LogP contribution in [0.1, 0.15) is 32.6 Å². The Morgan fingerprint density at radius 1 is 1.29 bits per heavy atom. The number of amides is 2. The van der Waals surface area contributed by atoms with Crippen LogP contribution >= 0.6 is 30.1 Å². The van der Waals surface area contributed by atoms with Gasteiger partial charge in [-0.1, -0.05) is 21.9 Å². The number of esters is 2. The molecule has 0 aromatic heterocycles. The fourth-order valence-electron chi connectivity index (χ4n) is 2.10. The number of allylic oxidation sites excluding steroid dienone is 1. The Labute approximate surface area is 176 Å². The van der Waals surface area contributed by atoms with Gasteiger partial charge in [0.25, 0.3) is 0 Å². The van der Waals surface area contributed by atoms with E-state index >= 15 is 0 Å². The summed E-state index contributed by atoms with van der Waals surface area (Å²) in [5.74, 6) is 0.634. The summed E-state index contributed by atoms with van der Waals surface area (Å²) in [7, 11) is 1.57. The van der Waals surface area contributed by atoms with E-state index in [4.69, 9.17) is 9.47 Å². The number of halogens is 1. The summed E-state index contributed by atoms with van der Waals surface area (Å²) in [6, 6.07) is 0. The third-order valence-electron chi connectivity index (χ3n) is 3.46. The van der Waals surface area contributed by atoms with Crippen molar-refractivity contribution >= 4 is 54.9 Å². The zero-order valence-electron chi connectivity index (χ0n) is 15.6. The Balaban J connectivity index is 0. The SMILES string of the molecule is CC1CC/C=C/C(OC(=O)CN[C-]=O)CC1.O=CNCC(=O)OCCSI.[Fm]. The molecule has 0 heterocycles. The number of hydrogen-bond acceptors (Lipinski definition) is 7. The van der Waals surface area contributed by atoms with Crippen LogP contribution in [0.15, 0.2) is 12.2 Å². The van der Waals surface area contributed by atoms with E-state index in [1.165, 1.54) is 12.8 Å². The molecule has 0 fully saturated rings. The molecule has 0 aliphatic heterocycles. The predicted molar refractivity (Wildman–Crippen MR) is 112 cm³/mol. The molecule has 28 heavy (non-hydrogen) atoms. The summed E-state index contributed by atoms with van der Waals surface area (Å²) < 4.78 is 9.91. The van der Waals surface area contributed by atoms with E-state index in [0.717, 1.165) is 25.0 Å². The third kappa shape index (κ3) is 17.1. The zero-order chi connectivity index (χ0) is 20.3. The van der Waals surface area contributed by atoms with Crippen molar-refractivity contribution in [1.82, 2.24) is 10.6 Å². The first kappa shape index (κ1) is 27.9. The van der Waals surface area contributed by atoms with E-state index in [1.54, 1.807) is 8.93 Å². The first-order chi connectivity index (χ1) is 13.0. The van der Waals surface area contributed by atoms with Gasteiger partial charge in [-0.15, -0.1) is 0 Å². The van der Waals surface area contributed by atoms with Crippen LogP contribution in [0.25, 0.3) is 0 Å². The molecule has 1 aliphatic rings. The van der Waals surface area contributed by atoms with Crippen molar-refractivity contribution < 1.29 is 28.7 Å². The smallest absolute Gasteiger partial charge is 0.325 e. The van der Waals surface area contributed by atoms with Gasteiger partial charge < -0.3 is 24.9 Å². The molecule has 1 rings (SSSR count). The summed E-state index contributed by atoms with van der Waals surface area (Å²) >= 11 is 2.12. The molecule has 2 unspecified atom stereocenters. The van der Waals surface area contributed by atoms with E-state index in [9.17, 15) is 19.2 Å². The predicted octanol–water partition coefficient (Wildman–Crippen LogP) is 1.68. The number of hydrogen-bond donors (Lipinski definition) is 2. The number of nitrogens with one attached hydrogen (secondary N) is 2. The monoisotopic (exact) mass is 770 g/mol. The van der Waals surface area contributed by atoms with Gasteiger partial charge >= 0.3 is 11.9 Å². The van der Waals surface area contributed by atoms with Crippen LogP contribution in [0.4, 0.5) is 0 Å². The van der Waals surface area contributed by atoms with Crippen LogP contribution in [0.3, 0.4) is 0 Å². The maximum absolute atomic E-state index is 11.3.